The Labute approximate surface area is 87.9 Å². The maximum Gasteiger partial charge on any atom is 0.331 e. The fourth-order valence-corrected chi connectivity index (χ4v) is 2.66. The van der Waals surface area contributed by atoms with Gasteiger partial charge in [0.05, 0.1) is 5.97 Å². The van der Waals surface area contributed by atoms with E-state index in [1.165, 1.54) is 6.42 Å². The zero-order valence-corrected chi connectivity index (χ0v) is 8.35. The molecule has 0 amide bonds. The average molecular weight is 209 g/mol. The van der Waals surface area contributed by atoms with Crippen LogP contribution in [0.4, 0.5) is 0 Å². The van der Waals surface area contributed by atoms with Crippen LogP contribution in [0.2, 0.25) is 0 Å². The summed E-state index contributed by atoms with van der Waals surface area (Å²) in [7, 11) is 0. The lowest BCUT2D eigenvalue weighted by Gasteiger charge is -2.20. The molecular weight excluding hydrogens is 196 g/mol. The predicted molar refractivity (Wildman–Crippen MR) is 49.5 cm³/mol. The molecule has 0 saturated heterocycles. The van der Waals surface area contributed by atoms with Crippen molar-refractivity contribution in [3.63, 3.8) is 0 Å². The third-order valence-corrected chi connectivity index (χ3v) is 3.30. The van der Waals surface area contributed by atoms with Crippen molar-refractivity contribution in [3.8, 4) is 0 Å². The van der Waals surface area contributed by atoms with E-state index in [0.29, 0.717) is 17.9 Å². The molecule has 2 aliphatic rings. The Morgan fingerprint density at radius 2 is 2.00 bits per heavy atom. The van der Waals surface area contributed by atoms with E-state index in [1.54, 1.807) is 0 Å². The molecule has 0 aromatic heterocycles. The number of carbonyl (C=O) groups excluding carboxylic acids is 2. The van der Waals surface area contributed by atoms with Crippen LogP contribution in [0.5, 0.6) is 0 Å². The summed E-state index contributed by atoms with van der Waals surface area (Å²) in [6.07, 6.45) is 6.09. The van der Waals surface area contributed by atoms with Crippen molar-refractivity contribution in [2.75, 3.05) is 0 Å². The fraction of sp³-hybridized carbons (Fsp3) is 0.636. The number of ether oxygens (including phenoxy) is 1. The number of hydrogen-bond donors (Lipinski definition) is 0. The normalized spacial score (nSPS) is 33.5. The van der Waals surface area contributed by atoms with Crippen LogP contribution in [-0.4, -0.2) is 18.0 Å². The minimum Gasteiger partial charge on any atom is -0.545 e. The quantitative estimate of drug-likeness (QED) is 0.485. The summed E-state index contributed by atoms with van der Waals surface area (Å²) in [5, 5.41) is 10.1. The third kappa shape index (κ3) is 2.37. The highest BCUT2D eigenvalue weighted by Crippen LogP contribution is 2.45. The van der Waals surface area contributed by atoms with Crippen LogP contribution in [0.1, 0.15) is 25.7 Å². The number of hydrogen-bond acceptors (Lipinski definition) is 4. The van der Waals surface area contributed by atoms with Gasteiger partial charge in [0.2, 0.25) is 0 Å². The molecule has 3 atom stereocenters. The Kier molecular flexibility index (Phi) is 2.75. The summed E-state index contributed by atoms with van der Waals surface area (Å²) >= 11 is 0. The van der Waals surface area contributed by atoms with Gasteiger partial charge in [-0.2, -0.15) is 0 Å². The molecule has 15 heavy (non-hydrogen) atoms. The monoisotopic (exact) mass is 209 g/mol. The highest BCUT2D eigenvalue weighted by atomic mass is 16.5. The zero-order valence-electron chi connectivity index (χ0n) is 8.35. The molecular formula is C11H13O4-. The molecule has 0 radical (unpaired) electrons. The topological polar surface area (TPSA) is 66.4 Å². The molecule has 4 heteroatoms. The van der Waals surface area contributed by atoms with Gasteiger partial charge < -0.3 is 14.6 Å². The van der Waals surface area contributed by atoms with Crippen molar-refractivity contribution in [1.29, 1.82) is 0 Å². The molecule has 2 aliphatic carbocycles. The van der Waals surface area contributed by atoms with E-state index < -0.39 is 11.9 Å². The lowest BCUT2D eigenvalue weighted by atomic mass is 9.98. The van der Waals surface area contributed by atoms with Gasteiger partial charge >= 0.3 is 5.97 Å². The van der Waals surface area contributed by atoms with Gasteiger partial charge in [-0.15, -0.1) is 0 Å². The summed E-state index contributed by atoms with van der Waals surface area (Å²) < 4.78 is 5.18. The summed E-state index contributed by atoms with van der Waals surface area (Å²) in [6.45, 7) is 0. The Hall–Kier alpha value is -1.32. The van der Waals surface area contributed by atoms with E-state index in [1.807, 2.05) is 0 Å². The molecule has 0 spiro atoms. The fourth-order valence-electron chi connectivity index (χ4n) is 2.66. The predicted octanol–water partition coefficient (Wildman–Crippen LogP) is 0.0243. The molecule has 2 fully saturated rings. The molecule has 0 aromatic rings. The second kappa shape index (κ2) is 4.04. The number of carboxylic acids is 1. The smallest absolute Gasteiger partial charge is 0.331 e. The molecule has 0 N–H and O–H groups in total. The van der Waals surface area contributed by atoms with E-state index in [-0.39, 0.29) is 6.10 Å². The number of fused-ring (bicyclic) bond motifs is 2. The maximum atomic E-state index is 11.2. The highest BCUT2D eigenvalue weighted by molar-refractivity contribution is 5.89. The first-order valence-corrected chi connectivity index (χ1v) is 5.25. The Balaban J connectivity index is 1.82. The molecule has 0 aliphatic heterocycles. The number of carbonyl (C=O) groups is 2. The van der Waals surface area contributed by atoms with Gasteiger partial charge in [-0.05, 0) is 43.6 Å². The Bertz CT molecular complexity index is 308. The van der Waals surface area contributed by atoms with Crippen molar-refractivity contribution in [1.82, 2.24) is 0 Å². The van der Waals surface area contributed by atoms with Crippen LogP contribution in [0.25, 0.3) is 0 Å². The van der Waals surface area contributed by atoms with Crippen LogP contribution >= 0.6 is 0 Å². The van der Waals surface area contributed by atoms with E-state index in [2.05, 4.69) is 0 Å². The van der Waals surface area contributed by atoms with Gasteiger partial charge in [0.25, 0.3) is 0 Å². The highest BCUT2D eigenvalue weighted by Gasteiger charge is 2.41. The van der Waals surface area contributed by atoms with Crippen LogP contribution in [0, 0.1) is 11.8 Å². The van der Waals surface area contributed by atoms with E-state index in [0.717, 1.165) is 25.3 Å². The van der Waals surface area contributed by atoms with Crippen LogP contribution in [-0.2, 0) is 14.3 Å². The van der Waals surface area contributed by atoms with Gasteiger partial charge in [-0.3, -0.25) is 0 Å². The van der Waals surface area contributed by atoms with Crippen molar-refractivity contribution >= 4 is 11.9 Å². The van der Waals surface area contributed by atoms with Crippen LogP contribution < -0.4 is 5.11 Å². The minimum atomic E-state index is -1.38. The van der Waals surface area contributed by atoms with Gasteiger partial charge in [-0.1, -0.05) is 0 Å². The van der Waals surface area contributed by atoms with E-state index in [9.17, 15) is 14.7 Å². The van der Waals surface area contributed by atoms with Crippen LogP contribution in [0.3, 0.4) is 0 Å². The largest absolute Gasteiger partial charge is 0.545 e. The van der Waals surface area contributed by atoms with Gasteiger partial charge in [0.1, 0.15) is 6.10 Å². The number of rotatable bonds is 3. The number of esters is 1. The van der Waals surface area contributed by atoms with Crippen LogP contribution in [0.15, 0.2) is 12.2 Å². The Morgan fingerprint density at radius 1 is 1.20 bits per heavy atom. The average Bonchev–Trinajstić information content (AvgIpc) is 2.76. The maximum absolute atomic E-state index is 11.2. The van der Waals surface area contributed by atoms with E-state index in [4.69, 9.17) is 4.74 Å². The first kappa shape index (κ1) is 10.2. The van der Waals surface area contributed by atoms with Crippen molar-refractivity contribution in [2.45, 2.75) is 31.8 Å². The molecule has 0 heterocycles. The van der Waals surface area contributed by atoms with Gasteiger partial charge in [0.15, 0.2) is 0 Å². The second-order valence-electron chi connectivity index (χ2n) is 4.30. The summed E-state index contributed by atoms with van der Waals surface area (Å²) in [4.78, 5) is 21.2. The number of carboxylic acid groups (broad SMARTS) is 1. The SMILES string of the molecule is O=C([O-])/C=C/C(=O)O[C@H]1C[C@H]2CC[C@@H]1C2. The zero-order chi connectivity index (χ0) is 10.8. The summed E-state index contributed by atoms with van der Waals surface area (Å²) in [6, 6.07) is 0. The summed E-state index contributed by atoms with van der Waals surface area (Å²) in [5.41, 5.74) is 0. The molecule has 4 nitrogen and oxygen atoms in total. The standard InChI is InChI=1S/C11H14O4/c12-10(13)3-4-11(14)15-9-6-7-1-2-8(9)5-7/h3-4,7-9H,1-2,5-6H2,(H,12,13)/p-1/b4-3+/t7-,8+,9-/m0/s1. The molecule has 2 bridgehead atoms. The molecule has 0 unspecified atom stereocenters. The molecule has 2 rings (SSSR count). The van der Waals surface area contributed by atoms with Crippen molar-refractivity contribution in [3.05, 3.63) is 12.2 Å². The van der Waals surface area contributed by atoms with Crippen molar-refractivity contribution in [2.24, 2.45) is 11.8 Å². The molecule has 82 valence electrons. The second-order valence-corrected chi connectivity index (χ2v) is 4.30. The molecule has 0 aromatic carbocycles. The molecule has 2 saturated carbocycles. The van der Waals surface area contributed by atoms with Crippen molar-refractivity contribution < 1.29 is 19.4 Å². The Morgan fingerprint density at radius 3 is 2.53 bits per heavy atom. The number of aliphatic carboxylic acids is 1. The lowest BCUT2D eigenvalue weighted by Crippen LogP contribution is -2.24. The summed E-state index contributed by atoms with van der Waals surface area (Å²) in [5.74, 6) is -0.745. The third-order valence-electron chi connectivity index (χ3n) is 3.30. The lowest BCUT2D eigenvalue weighted by molar-refractivity contribution is -0.297. The minimum absolute atomic E-state index is 0.00246. The first-order valence-electron chi connectivity index (χ1n) is 5.25. The van der Waals surface area contributed by atoms with E-state index >= 15 is 0 Å². The first-order chi connectivity index (χ1) is 7.15. The van der Waals surface area contributed by atoms with Gasteiger partial charge in [-0.25, -0.2) is 4.79 Å². The van der Waals surface area contributed by atoms with Gasteiger partial charge in [0, 0.05) is 6.08 Å².